The van der Waals surface area contributed by atoms with Crippen LogP contribution in [0.4, 0.5) is 0 Å². The Morgan fingerprint density at radius 3 is 2.83 bits per heavy atom. The summed E-state index contributed by atoms with van der Waals surface area (Å²) in [6.07, 6.45) is 1.00. The van der Waals surface area contributed by atoms with Crippen LogP contribution in [0.25, 0.3) is 11.0 Å². The predicted octanol–water partition coefficient (Wildman–Crippen LogP) is 4.14. The molecule has 0 atom stereocenters. The highest BCUT2D eigenvalue weighted by molar-refractivity contribution is 7.71. The van der Waals surface area contributed by atoms with Gasteiger partial charge in [-0.3, -0.25) is 0 Å². The molecule has 18 heavy (non-hydrogen) atoms. The molecule has 0 unspecified atom stereocenters. The van der Waals surface area contributed by atoms with Crippen LogP contribution in [0.15, 0.2) is 18.2 Å². The fourth-order valence-corrected chi connectivity index (χ4v) is 2.31. The standard InChI is InChI=1S/C14H20N2OS/c1-4-8-17-12-7-5-6-11-13(12)15-14(18)16(11)9-10(2)3/h5-7,10H,4,8-9H2,1-3H3,(H,15,18). The molecule has 0 saturated heterocycles. The Labute approximate surface area is 113 Å². The van der Waals surface area contributed by atoms with Gasteiger partial charge in [0.05, 0.1) is 12.1 Å². The van der Waals surface area contributed by atoms with Crippen molar-refractivity contribution in [2.24, 2.45) is 5.92 Å². The largest absolute Gasteiger partial charge is 0.491 e. The molecule has 0 radical (unpaired) electrons. The van der Waals surface area contributed by atoms with E-state index in [9.17, 15) is 0 Å². The monoisotopic (exact) mass is 264 g/mol. The summed E-state index contributed by atoms with van der Waals surface area (Å²) >= 11 is 5.40. The van der Waals surface area contributed by atoms with Crippen molar-refractivity contribution in [1.82, 2.24) is 9.55 Å². The van der Waals surface area contributed by atoms with Crippen molar-refractivity contribution in [2.75, 3.05) is 6.61 Å². The van der Waals surface area contributed by atoms with E-state index in [1.165, 1.54) is 0 Å². The summed E-state index contributed by atoms with van der Waals surface area (Å²) in [7, 11) is 0. The van der Waals surface area contributed by atoms with Crippen LogP contribution in [0.1, 0.15) is 27.2 Å². The van der Waals surface area contributed by atoms with Gasteiger partial charge in [0.1, 0.15) is 11.3 Å². The summed E-state index contributed by atoms with van der Waals surface area (Å²) < 4.78 is 8.67. The molecule has 1 heterocycles. The summed E-state index contributed by atoms with van der Waals surface area (Å²) in [6, 6.07) is 6.10. The number of benzene rings is 1. The molecule has 0 bridgehead atoms. The van der Waals surface area contributed by atoms with E-state index in [4.69, 9.17) is 17.0 Å². The summed E-state index contributed by atoms with van der Waals surface area (Å²) in [5.74, 6) is 1.46. The number of nitrogens with one attached hydrogen (secondary N) is 1. The van der Waals surface area contributed by atoms with Gasteiger partial charge in [-0.2, -0.15) is 0 Å². The van der Waals surface area contributed by atoms with E-state index in [1.807, 2.05) is 12.1 Å². The van der Waals surface area contributed by atoms with Crippen molar-refractivity contribution in [2.45, 2.75) is 33.7 Å². The van der Waals surface area contributed by atoms with Crippen molar-refractivity contribution in [1.29, 1.82) is 0 Å². The highest BCUT2D eigenvalue weighted by atomic mass is 32.1. The lowest BCUT2D eigenvalue weighted by atomic mass is 10.2. The van der Waals surface area contributed by atoms with E-state index in [0.29, 0.717) is 5.92 Å². The van der Waals surface area contributed by atoms with Gasteiger partial charge < -0.3 is 14.3 Å². The molecule has 0 spiro atoms. The second-order valence-electron chi connectivity index (χ2n) is 4.93. The lowest BCUT2D eigenvalue weighted by Crippen LogP contribution is -2.04. The number of para-hydroxylation sites is 1. The minimum Gasteiger partial charge on any atom is -0.491 e. The number of ether oxygens (including phenoxy) is 1. The Hall–Kier alpha value is -1.29. The van der Waals surface area contributed by atoms with E-state index < -0.39 is 0 Å². The number of hydrogen-bond acceptors (Lipinski definition) is 2. The van der Waals surface area contributed by atoms with Gasteiger partial charge in [0, 0.05) is 6.54 Å². The molecule has 4 heteroatoms. The van der Waals surface area contributed by atoms with Gasteiger partial charge in [-0.25, -0.2) is 0 Å². The third-order valence-corrected chi connectivity index (χ3v) is 3.10. The molecule has 0 saturated carbocycles. The normalized spacial score (nSPS) is 11.3. The molecule has 1 aromatic heterocycles. The van der Waals surface area contributed by atoms with Crippen LogP contribution in [-0.2, 0) is 6.54 Å². The van der Waals surface area contributed by atoms with Crippen LogP contribution in [-0.4, -0.2) is 16.2 Å². The zero-order chi connectivity index (χ0) is 13.1. The fraction of sp³-hybridized carbons (Fsp3) is 0.500. The number of aromatic nitrogens is 2. The Balaban J connectivity index is 2.49. The molecule has 0 aliphatic heterocycles. The topological polar surface area (TPSA) is 29.9 Å². The molecule has 98 valence electrons. The SMILES string of the molecule is CCCOc1cccc2c1[nH]c(=S)n2CC(C)C. The first-order chi connectivity index (χ1) is 8.63. The van der Waals surface area contributed by atoms with Gasteiger partial charge in [0.2, 0.25) is 0 Å². The van der Waals surface area contributed by atoms with E-state index >= 15 is 0 Å². The van der Waals surface area contributed by atoms with Crippen molar-refractivity contribution >= 4 is 23.3 Å². The van der Waals surface area contributed by atoms with Crippen LogP contribution in [0.2, 0.25) is 0 Å². The van der Waals surface area contributed by atoms with E-state index in [-0.39, 0.29) is 0 Å². The van der Waals surface area contributed by atoms with Gasteiger partial charge in [-0.15, -0.1) is 0 Å². The molecular formula is C14H20N2OS. The number of nitrogens with zero attached hydrogens (tertiary/aromatic N) is 1. The Morgan fingerprint density at radius 2 is 2.17 bits per heavy atom. The quantitative estimate of drug-likeness (QED) is 0.822. The molecule has 0 fully saturated rings. The number of rotatable bonds is 5. The van der Waals surface area contributed by atoms with Crippen LogP contribution in [0.5, 0.6) is 5.75 Å². The number of fused-ring (bicyclic) bond motifs is 1. The minimum atomic E-state index is 0.566. The molecule has 0 aliphatic rings. The van der Waals surface area contributed by atoms with Gasteiger partial charge in [-0.05, 0) is 36.7 Å². The summed E-state index contributed by atoms with van der Waals surface area (Å²) in [4.78, 5) is 3.26. The summed E-state index contributed by atoms with van der Waals surface area (Å²) in [5, 5.41) is 0. The first-order valence-electron chi connectivity index (χ1n) is 6.47. The molecule has 2 rings (SSSR count). The first-order valence-corrected chi connectivity index (χ1v) is 6.88. The maximum Gasteiger partial charge on any atom is 0.178 e. The zero-order valence-corrected chi connectivity index (χ0v) is 12.0. The van der Waals surface area contributed by atoms with E-state index in [1.54, 1.807) is 0 Å². The second kappa shape index (κ2) is 5.57. The molecule has 0 amide bonds. The number of aromatic amines is 1. The van der Waals surface area contributed by atoms with Crippen molar-refractivity contribution in [3.05, 3.63) is 23.0 Å². The molecule has 1 aromatic carbocycles. The summed E-state index contributed by atoms with van der Waals surface area (Å²) in [6.45, 7) is 8.15. The fourth-order valence-electron chi connectivity index (χ4n) is 2.03. The smallest absolute Gasteiger partial charge is 0.178 e. The van der Waals surface area contributed by atoms with E-state index in [2.05, 4.69) is 36.4 Å². The van der Waals surface area contributed by atoms with Crippen LogP contribution < -0.4 is 4.74 Å². The van der Waals surface area contributed by atoms with Crippen LogP contribution in [0, 0.1) is 10.7 Å². The predicted molar refractivity (Wildman–Crippen MR) is 77.7 cm³/mol. The third-order valence-electron chi connectivity index (χ3n) is 2.78. The first kappa shape index (κ1) is 13.1. The third kappa shape index (κ3) is 2.58. The van der Waals surface area contributed by atoms with Crippen molar-refractivity contribution < 1.29 is 4.74 Å². The maximum atomic E-state index is 5.75. The highest BCUT2D eigenvalue weighted by Crippen LogP contribution is 2.25. The second-order valence-corrected chi connectivity index (χ2v) is 5.32. The van der Waals surface area contributed by atoms with Gasteiger partial charge in [-0.1, -0.05) is 26.8 Å². The zero-order valence-electron chi connectivity index (χ0n) is 11.2. The molecule has 3 nitrogen and oxygen atoms in total. The molecule has 1 N–H and O–H groups in total. The molecular weight excluding hydrogens is 244 g/mol. The lowest BCUT2D eigenvalue weighted by Gasteiger charge is -2.08. The number of imidazole rings is 1. The van der Waals surface area contributed by atoms with Crippen molar-refractivity contribution in [3.63, 3.8) is 0 Å². The maximum absolute atomic E-state index is 5.75. The number of hydrogen-bond donors (Lipinski definition) is 1. The number of H-pyrrole nitrogens is 1. The Kier molecular flexibility index (Phi) is 4.07. The van der Waals surface area contributed by atoms with Gasteiger partial charge >= 0.3 is 0 Å². The minimum absolute atomic E-state index is 0.566. The Bertz CT molecular complexity index is 583. The van der Waals surface area contributed by atoms with E-state index in [0.717, 1.165) is 41.1 Å². The average molecular weight is 264 g/mol. The Morgan fingerprint density at radius 1 is 1.39 bits per heavy atom. The lowest BCUT2D eigenvalue weighted by molar-refractivity contribution is 0.320. The van der Waals surface area contributed by atoms with Crippen LogP contribution in [0.3, 0.4) is 0 Å². The van der Waals surface area contributed by atoms with Crippen LogP contribution >= 0.6 is 12.2 Å². The molecule has 2 aromatic rings. The average Bonchev–Trinajstić information content (AvgIpc) is 2.64. The highest BCUT2D eigenvalue weighted by Gasteiger charge is 2.09. The van der Waals surface area contributed by atoms with Gasteiger partial charge in [0.25, 0.3) is 0 Å². The molecule has 0 aliphatic carbocycles. The summed E-state index contributed by atoms with van der Waals surface area (Å²) in [5.41, 5.74) is 2.14. The van der Waals surface area contributed by atoms with Crippen molar-refractivity contribution in [3.8, 4) is 5.75 Å². The van der Waals surface area contributed by atoms with Gasteiger partial charge in [0.15, 0.2) is 4.77 Å².